The first-order chi connectivity index (χ1) is 10.6. The second-order valence-electron chi connectivity index (χ2n) is 5.13. The van der Waals surface area contributed by atoms with Gasteiger partial charge in [0.1, 0.15) is 0 Å². The van der Waals surface area contributed by atoms with E-state index in [0.29, 0.717) is 5.57 Å². The number of allylic oxidation sites excluding steroid dienone is 1. The van der Waals surface area contributed by atoms with Gasteiger partial charge in [0.15, 0.2) is 0 Å². The molecule has 2 rings (SSSR count). The van der Waals surface area contributed by atoms with Gasteiger partial charge in [0.2, 0.25) is 0 Å². The standard InChI is InChI=1S/C17H22N4O/c1-4-21-14(3)16(12-19-21)11-18-20-17(22)13(2)10-15-8-6-5-7-9-15/h5-11,19H,4,12H2,1-3H3,(H,20,22)/b13-10+,18-11+. The third kappa shape index (κ3) is 4.05. The highest BCUT2D eigenvalue weighted by molar-refractivity contribution is 5.97. The van der Waals surface area contributed by atoms with Gasteiger partial charge >= 0.3 is 0 Å². The highest BCUT2D eigenvalue weighted by Crippen LogP contribution is 2.12. The average Bonchev–Trinajstić information content (AvgIpc) is 2.88. The van der Waals surface area contributed by atoms with Crippen LogP contribution in [0.1, 0.15) is 26.3 Å². The van der Waals surface area contributed by atoms with Crippen molar-refractivity contribution in [3.05, 3.63) is 52.7 Å². The summed E-state index contributed by atoms with van der Waals surface area (Å²) < 4.78 is 0. The normalized spacial score (nSPS) is 15.8. The van der Waals surface area contributed by atoms with Gasteiger partial charge in [-0.25, -0.2) is 10.9 Å². The third-order valence-electron chi connectivity index (χ3n) is 3.57. The van der Waals surface area contributed by atoms with E-state index in [0.717, 1.165) is 29.9 Å². The van der Waals surface area contributed by atoms with Gasteiger partial charge in [-0.2, -0.15) is 5.10 Å². The molecule has 0 fully saturated rings. The lowest BCUT2D eigenvalue weighted by Gasteiger charge is -2.16. The molecule has 1 heterocycles. The van der Waals surface area contributed by atoms with Crippen molar-refractivity contribution >= 4 is 18.2 Å². The van der Waals surface area contributed by atoms with Crippen LogP contribution in [-0.2, 0) is 4.79 Å². The average molecular weight is 298 g/mol. The molecule has 1 amide bonds. The van der Waals surface area contributed by atoms with E-state index in [1.165, 1.54) is 0 Å². The number of carbonyl (C=O) groups is 1. The Bertz CT molecular complexity index is 617. The van der Waals surface area contributed by atoms with E-state index >= 15 is 0 Å². The second kappa shape index (κ2) is 7.56. The lowest BCUT2D eigenvalue weighted by atomic mass is 10.1. The van der Waals surface area contributed by atoms with Crippen molar-refractivity contribution in [2.45, 2.75) is 20.8 Å². The molecule has 0 radical (unpaired) electrons. The fourth-order valence-corrected chi connectivity index (χ4v) is 2.21. The van der Waals surface area contributed by atoms with Crippen molar-refractivity contribution in [2.24, 2.45) is 5.10 Å². The largest absolute Gasteiger partial charge is 0.312 e. The number of hydrazine groups is 1. The van der Waals surface area contributed by atoms with Gasteiger partial charge in [-0.1, -0.05) is 30.3 Å². The van der Waals surface area contributed by atoms with Crippen molar-refractivity contribution in [3.63, 3.8) is 0 Å². The molecule has 116 valence electrons. The summed E-state index contributed by atoms with van der Waals surface area (Å²) in [7, 11) is 0. The molecule has 0 spiro atoms. The van der Waals surface area contributed by atoms with Gasteiger partial charge < -0.3 is 5.01 Å². The summed E-state index contributed by atoms with van der Waals surface area (Å²) in [5, 5.41) is 6.10. The van der Waals surface area contributed by atoms with Gasteiger partial charge in [-0.15, -0.1) is 0 Å². The zero-order chi connectivity index (χ0) is 15.9. The summed E-state index contributed by atoms with van der Waals surface area (Å²) >= 11 is 0. The maximum Gasteiger partial charge on any atom is 0.267 e. The molecule has 0 aromatic heterocycles. The van der Waals surface area contributed by atoms with E-state index in [1.54, 1.807) is 13.1 Å². The van der Waals surface area contributed by atoms with Crippen LogP contribution in [0.5, 0.6) is 0 Å². The Labute approximate surface area is 131 Å². The highest BCUT2D eigenvalue weighted by Gasteiger charge is 2.15. The summed E-state index contributed by atoms with van der Waals surface area (Å²) in [5.74, 6) is -0.198. The molecule has 0 atom stereocenters. The molecule has 1 aliphatic heterocycles. The summed E-state index contributed by atoms with van der Waals surface area (Å²) in [6.45, 7) is 7.52. The van der Waals surface area contributed by atoms with Crippen molar-refractivity contribution < 1.29 is 4.79 Å². The topological polar surface area (TPSA) is 56.7 Å². The molecule has 1 aromatic carbocycles. The van der Waals surface area contributed by atoms with Crippen LogP contribution in [0.4, 0.5) is 0 Å². The number of rotatable bonds is 5. The molecule has 0 aliphatic carbocycles. The Morgan fingerprint density at radius 1 is 1.41 bits per heavy atom. The molecule has 0 bridgehead atoms. The number of hydrogen-bond acceptors (Lipinski definition) is 4. The molecule has 5 nitrogen and oxygen atoms in total. The minimum Gasteiger partial charge on any atom is -0.312 e. The second-order valence-corrected chi connectivity index (χ2v) is 5.13. The van der Waals surface area contributed by atoms with Crippen molar-refractivity contribution in [2.75, 3.05) is 13.1 Å². The molecule has 1 aromatic rings. The number of carbonyl (C=O) groups excluding carboxylic acids is 1. The van der Waals surface area contributed by atoms with Crippen LogP contribution in [0, 0.1) is 0 Å². The van der Waals surface area contributed by atoms with Crippen molar-refractivity contribution in [3.8, 4) is 0 Å². The number of nitrogens with one attached hydrogen (secondary N) is 2. The van der Waals surface area contributed by atoms with Crippen LogP contribution in [0.25, 0.3) is 6.08 Å². The fraction of sp³-hybridized carbons (Fsp3) is 0.294. The lowest BCUT2D eigenvalue weighted by Crippen LogP contribution is -2.30. The van der Waals surface area contributed by atoms with Gasteiger partial charge in [-0.3, -0.25) is 4.79 Å². The smallest absolute Gasteiger partial charge is 0.267 e. The predicted octanol–water partition coefficient (Wildman–Crippen LogP) is 2.31. The molecular weight excluding hydrogens is 276 g/mol. The Hall–Kier alpha value is -2.40. The minimum atomic E-state index is -0.198. The molecule has 1 aliphatic rings. The zero-order valence-corrected chi connectivity index (χ0v) is 13.3. The number of hydrazone groups is 1. The summed E-state index contributed by atoms with van der Waals surface area (Å²) in [6, 6.07) is 9.74. The maximum absolute atomic E-state index is 12.0. The van der Waals surface area contributed by atoms with E-state index in [4.69, 9.17) is 0 Å². The minimum absolute atomic E-state index is 0.198. The summed E-state index contributed by atoms with van der Waals surface area (Å²) in [4.78, 5) is 12.0. The molecule has 0 unspecified atom stereocenters. The summed E-state index contributed by atoms with van der Waals surface area (Å²) in [6.07, 6.45) is 3.54. The van der Waals surface area contributed by atoms with Gasteiger partial charge in [0, 0.05) is 29.9 Å². The first-order valence-electron chi connectivity index (χ1n) is 7.39. The van der Waals surface area contributed by atoms with Crippen molar-refractivity contribution in [1.29, 1.82) is 0 Å². The predicted molar refractivity (Wildman–Crippen MR) is 89.8 cm³/mol. The SMILES string of the molecule is CCN1NCC(/C=N/NC(=O)/C(C)=C/c2ccccc2)=C1C. The number of hydrogen-bond donors (Lipinski definition) is 2. The molecule has 0 saturated heterocycles. The van der Waals surface area contributed by atoms with Crippen LogP contribution in [0.3, 0.4) is 0 Å². The Balaban J connectivity index is 1.94. The number of nitrogens with zero attached hydrogens (tertiary/aromatic N) is 2. The van der Waals surface area contributed by atoms with Crippen molar-refractivity contribution in [1.82, 2.24) is 15.9 Å². The highest BCUT2D eigenvalue weighted by atomic mass is 16.2. The fourth-order valence-electron chi connectivity index (χ4n) is 2.21. The number of benzene rings is 1. The molecule has 2 N–H and O–H groups in total. The zero-order valence-electron chi connectivity index (χ0n) is 13.3. The molecule has 0 saturated carbocycles. The van der Waals surface area contributed by atoms with Gasteiger partial charge in [0.25, 0.3) is 5.91 Å². The van der Waals surface area contributed by atoms with Crippen LogP contribution >= 0.6 is 0 Å². The van der Waals surface area contributed by atoms with Crippen LogP contribution < -0.4 is 10.9 Å². The monoisotopic (exact) mass is 298 g/mol. The maximum atomic E-state index is 12.0. The Morgan fingerprint density at radius 3 is 2.77 bits per heavy atom. The summed E-state index contributed by atoms with van der Waals surface area (Å²) in [5.41, 5.74) is 9.64. The van der Waals surface area contributed by atoms with E-state index in [1.807, 2.05) is 43.3 Å². The number of amides is 1. The quantitative estimate of drug-likeness (QED) is 0.498. The van der Waals surface area contributed by atoms with E-state index in [-0.39, 0.29) is 5.91 Å². The van der Waals surface area contributed by atoms with E-state index in [2.05, 4.69) is 27.9 Å². The molecule has 22 heavy (non-hydrogen) atoms. The molecule has 5 heteroatoms. The lowest BCUT2D eigenvalue weighted by molar-refractivity contribution is -0.117. The first-order valence-corrected chi connectivity index (χ1v) is 7.39. The van der Waals surface area contributed by atoms with Crippen LogP contribution in [0.2, 0.25) is 0 Å². The van der Waals surface area contributed by atoms with Crippen LogP contribution in [-0.4, -0.2) is 30.2 Å². The van der Waals surface area contributed by atoms with E-state index in [9.17, 15) is 4.79 Å². The van der Waals surface area contributed by atoms with Gasteiger partial charge in [-0.05, 0) is 32.4 Å². The van der Waals surface area contributed by atoms with Gasteiger partial charge in [0.05, 0.1) is 6.21 Å². The molecular formula is C17H22N4O. The van der Waals surface area contributed by atoms with Crippen LogP contribution in [0.15, 0.2) is 52.3 Å². The first kappa shape index (κ1) is 16.0. The Kier molecular flexibility index (Phi) is 5.49. The third-order valence-corrected chi connectivity index (χ3v) is 3.57. The Morgan fingerprint density at radius 2 is 2.14 bits per heavy atom. The van der Waals surface area contributed by atoms with E-state index < -0.39 is 0 Å².